The maximum Gasteiger partial charge on any atom is 0.0979 e. The van der Waals surface area contributed by atoms with Gasteiger partial charge in [0.25, 0.3) is 0 Å². The minimum absolute atomic E-state index is 0.0737. The van der Waals surface area contributed by atoms with Crippen molar-refractivity contribution in [3.8, 4) is 0 Å². The molecular formula is C15H20N2OS. The van der Waals surface area contributed by atoms with E-state index in [1.54, 1.807) is 11.3 Å². The highest BCUT2D eigenvalue weighted by Gasteiger charge is 2.21. The van der Waals surface area contributed by atoms with Gasteiger partial charge < -0.3 is 10.5 Å². The number of ether oxygens (including phenoxy) is 1. The van der Waals surface area contributed by atoms with Gasteiger partial charge in [-0.1, -0.05) is 30.3 Å². The largest absolute Gasteiger partial charge is 0.372 e. The Labute approximate surface area is 118 Å². The average molecular weight is 276 g/mol. The molecule has 0 fully saturated rings. The molecule has 1 heterocycles. The molecule has 0 saturated heterocycles. The number of rotatable bonds is 6. The first-order chi connectivity index (χ1) is 9.20. The summed E-state index contributed by atoms with van der Waals surface area (Å²) in [6.45, 7) is 4.66. The Hall–Kier alpha value is -1.23. The number of aryl methyl sites for hydroxylation is 1. The summed E-state index contributed by atoms with van der Waals surface area (Å²) in [7, 11) is 0. The second-order valence-electron chi connectivity index (χ2n) is 4.54. The first kappa shape index (κ1) is 14.2. The van der Waals surface area contributed by atoms with E-state index in [0.29, 0.717) is 6.61 Å². The van der Waals surface area contributed by atoms with Crippen LogP contribution in [-0.4, -0.2) is 17.6 Å². The summed E-state index contributed by atoms with van der Waals surface area (Å²) in [5.74, 6) is 0. The third-order valence-corrected chi connectivity index (χ3v) is 3.93. The molecule has 2 aromatic rings. The minimum Gasteiger partial charge on any atom is -0.372 e. The van der Waals surface area contributed by atoms with Gasteiger partial charge in [-0.25, -0.2) is 4.98 Å². The highest BCUT2D eigenvalue weighted by atomic mass is 32.1. The van der Waals surface area contributed by atoms with E-state index in [4.69, 9.17) is 10.5 Å². The van der Waals surface area contributed by atoms with Gasteiger partial charge in [0.15, 0.2) is 0 Å². The molecule has 0 aliphatic rings. The van der Waals surface area contributed by atoms with Gasteiger partial charge in [0, 0.05) is 30.1 Å². The van der Waals surface area contributed by atoms with Crippen molar-refractivity contribution in [3.05, 3.63) is 52.0 Å². The zero-order valence-electron chi connectivity index (χ0n) is 11.4. The van der Waals surface area contributed by atoms with Gasteiger partial charge >= 0.3 is 0 Å². The number of thiazole rings is 1. The van der Waals surface area contributed by atoms with Crippen LogP contribution >= 0.6 is 11.3 Å². The molecule has 0 radical (unpaired) electrons. The summed E-state index contributed by atoms with van der Waals surface area (Å²) in [6, 6.07) is 10.1. The van der Waals surface area contributed by atoms with E-state index in [0.717, 1.165) is 22.7 Å². The number of aromatic nitrogens is 1. The van der Waals surface area contributed by atoms with Gasteiger partial charge in [0.05, 0.1) is 11.1 Å². The molecule has 0 aliphatic heterocycles. The molecular weight excluding hydrogens is 256 g/mol. The Morgan fingerprint density at radius 1 is 1.32 bits per heavy atom. The number of benzene rings is 1. The molecule has 2 unspecified atom stereocenters. The molecule has 0 spiro atoms. The summed E-state index contributed by atoms with van der Waals surface area (Å²) in [5.41, 5.74) is 8.50. The quantitative estimate of drug-likeness (QED) is 0.882. The Bertz CT molecular complexity index is 498. The fraction of sp³-hybridized carbons (Fsp3) is 0.400. The summed E-state index contributed by atoms with van der Waals surface area (Å²) < 4.78 is 5.82. The lowest BCUT2D eigenvalue weighted by molar-refractivity contribution is 0.0433. The predicted octanol–water partition coefficient (Wildman–Crippen LogP) is 3.10. The van der Waals surface area contributed by atoms with Crippen LogP contribution in [0.15, 0.2) is 35.7 Å². The van der Waals surface area contributed by atoms with E-state index in [-0.39, 0.29) is 12.1 Å². The van der Waals surface area contributed by atoms with Crippen LogP contribution in [0.3, 0.4) is 0 Å². The third-order valence-electron chi connectivity index (χ3n) is 2.94. The van der Waals surface area contributed by atoms with Crippen LogP contribution in [0, 0.1) is 6.92 Å². The van der Waals surface area contributed by atoms with Gasteiger partial charge in [0.2, 0.25) is 0 Å². The normalized spacial score (nSPS) is 14.3. The van der Waals surface area contributed by atoms with E-state index in [1.807, 2.05) is 32.0 Å². The lowest BCUT2D eigenvalue weighted by Crippen LogP contribution is -2.32. The van der Waals surface area contributed by atoms with Crippen LogP contribution in [0.25, 0.3) is 0 Å². The summed E-state index contributed by atoms with van der Waals surface area (Å²) in [6.07, 6.45) is 0.674. The fourth-order valence-corrected chi connectivity index (χ4v) is 2.94. The number of nitrogens with two attached hydrogens (primary N) is 1. The van der Waals surface area contributed by atoms with Crippen molar-refractivity contribution >= 4 is 11.3 Å². The van der Waals surface area contributed by atoms with E-state index >= 15 is 0 Å². The van der Waals surface area contributed by atoms with Crippen molar-refractivity contribution < 1.29 is 4.74 Å². The highest BCUT2D eigenvalue weighted by Crippen LogP contribution is 2.23. The van der Waals surface area contributed by atoms with Crippen molar-refractivity contribution in [1.82, 2.24) is 4.98 Å². The van der Waals surface area contributed by atoms with Crippen LogP contribution < -0.4 is 5.73 Å². The van der Waals surface area contributed by atoms with Gasteiger partial charge in [-0.3, -0.25) is 0 Å². The lowest BCUT2D eigenvalue weighted by Gasteiger charge is -2.23. The van der Waals surface area contributed by atoms with Crippen LogP contribution in [-0.2, 0) is 11.2 Å². The molecule has 102 valence electrons. The zero-order chi connectivity index (χ0) is 13.7. The highest BCUT2D eigenvalue weighted by molar-refractivity contribution is 7.09. The second kappa shape index (κ2) is 6.80. The van der Waals surface area contributed by atoms with Crippen LogP contribution in [0.5, 0.6) is 0 Å². The van der Waals surface area contributed by atoms with Gasteiger partial charge in [-0.2, -0.15) is 0 Å². The Kier molecular flexibility index (Phi) is 5.07. The molecule has 0 aliphatic carbocycles. The SMILES string of the molecule is CCOC(c1ccccc1)C(N)Cc1nc(C)cs1. The van der Waals surface area contributed by atoms with Gasteiger partial charge in [-0.05, 0) is 19.4 Å². The molecule has 2 rings (SSSR count). The minimum atomic E-state index is -0.0760. The summed E-state index contributed by atoms with van der Waals surface area (Å²) >= 11 is 1.66. The molecule has 3 nitrogen and oxygen atoms in total. The zero-order valence-corrected chi connectivity index (χ0v) is 12.2. The molecule has 1 aromatic carbocycles. The van der Waals surface area contributed by atoms with Crippen LogP contribution in [0.1, 0.15) is 29.3 Å². The van der Waals surface area contributed by atoms with Crippen molar-refractivity contribution in [1.29, 1.82) is 0 Å². The van der Waals surface area contributed by atoms with E-state index in [1.165, 1.54) is 0 Å². The molecule has 2 N–H and O–H groups in total. The molecule has 0 bridgehead atoms. The van der Waals surface area contributed by atoms with Crippen LogP contribution in [0.2, 0.25) is 0 Å². The first-order valence-electron chi connectivity index (χ1n) is 6.54. The topological polar surface area (TPSA) is 48.1 Å². The maximum atomic E-state index is 6.32. The smallest absolute Gasteiger partial charge is 0.0979 e. The Morgan fingerprint density at radius 2 is 2.05 bits per heavy atom. The van der Waals surface area contributed by atoms with Crippen molar-refractivity contribution in [2.75, 3.05) is 6.61 Å². The van der Waals surface area contributed by atoms with Crippen molar-refractivity contribution in [2.24, 2.45) is 5.73 Å². The predicted molar refractivity (Wildman–Crippen MR) is 79.3 cm³/mol. The summed E-state index contributed by atoms with van der Waals surface area (Å²) in [5, 5.41) is 3.13. The van der Waals surface area contributed by atoms with Crippen molar-refractivity contribution in [3.63, 3.8) is 0 Å². The Morgan fingerprint density at radius 3 is 2.63 bits per heavy atom. The first-order valence-corrected chi connectivity index (χ1v) is 7.41. The monoisotopic (exact) mass is 276 g/mol. The molecule has 0 saturated carbocycles. The fourth-order valence-electron chi connectivity index (χ4n) is 2.09. The molecule has 4 heteroatoms. The van der Waals surface area contributed by atoms with E-state index in [9.17, 15) is 0 Å². The number of hydrogen-bond donors (Lipinski definition) is 1. The van der Waals surface area contributed by atoms with E-state index < -0.39 is 0 Å². The average Bonchev–Trinajstić information content (AvgIpc) is 2.82. The second-order valence-corrected chi connectivity index (χ2v) is 5.48. The van der Waals surface area contributed by atoms with Gasteiger partial charge in [0.1, 0.15) is 0 Å². The number of hydrogen-bond acceptors (Lipinski definition) is 4. The lowest BCUT2D eigenvalue weighted by atomic mass is 10.0. The van der Waals surface area contributed by atoms with Crippen LogP contribution in [0.4, 0.5) is 0 Å². The molecule has 0 amide bonds. The standard InChI is InChI=1S/C15H20N2OS/c1-3-18-15(12-7-5-4-6-8-12)13(16)9-14-17-11(2)10-19-14/h4-8,10,13,15H,3,9,16H2,1-2H3. The number of nitrogens with zero attached hydrogens (tertiary/aromatic N) is 1. The molecule has 2 atom stereocenters. The van der Waals surface area contributed by atoms with Crippen molar-refractivity contribution in [2.45, 2.75) is 32.4 Å². The maximum absolute atomic E-state index is 6.32. The third kappa shape index (κ3) is 3.86. The van der Waals surface area contributed by atoms with E-state index in [2.05, 4.69) is 22.5 Å². The summed E-state index contributed by atoms with van der Waals surface area (Å²) in [4.78, 5) is 4.47. The molecule has 19 heavy (non-hydrogen) atoms. The Balaban J connectivity index is 2.10. The molecule has 1 aromatic heterocycles. The van der Waals surface area contributed by atoms with Gasteiger partial charge in [-0.15, -0.1) is 11.3 Å².